The molecule has 0 aromatic heterocycles. The molecule has 0 spiro atoms. The van der Waals surface area contributed by atoms with Crippen LogP contribution in [0.4, 0.5) is 0 Å². The number of rotatable bonds is 13. The third-order valence-corrected chi connectivity index (χ3v) is 10.2. The summed E-state index contributed by atoms with van der Waals surface area (Å²) in [6.45, 7) is 5.25. The highest BCUT2D eigenvalue weighted by Crippen LogP contribution is 2.61. The normalized spacial score (nSPS) is 28.5. The van der Waals surface area contributed by atoms with E-state index in [1.54, 1.807) is 0 Å². The van der Waals surface area contributed by atoms with Gasteiger partial charge in [-0.2, -0.15) is 0 Å². The molecule has 0 saturated heterocycles. The zero-order valence-corrected chi connectivity index (χ0v) is 22.4. The van der Waals surface area contributed by atoms with Crippen molar-refractivity contribution >= 4 is 5.97 Å². The first-order chi connectivity index (χ1) is 16.2. The molecule has 33 heavy (non-hydrogen) atoms. The Hall–Kier alpha value is -0.530. The number of hydrogen-bond donors (Lipinski definition) is 0. The third-order valence-electron chi connectivity index (χ3n) is 10.2. The van der Waals surface area contributed by atoms with E-state index in [4.69, 9.17) is 4.74 Å². The van der Waals surface area contributed by atoms with Gasteiger partial charge in [-0.3, -0.25) is 4.79 Å². The molecule has 0 radical (unpaired) electrons. The minimum atomic E-state index is -0.180. The summed E-state index contributed by atoms with van der Waals surface area (Å²) >= 11 is 0. The van der Waals surface area contributed by atoms with Crippen LogP contribution in [0, 0.1) is 22.7 Å². The van der Waals surface area contributed by atoms with E-state index in [9.17, 15) is 4.79 Å². The van der Waals surface area contributed by atoms with Crippen molar-refractivity contribution in [3.05, 3.63) is 0 Å². The Bertz CT molecular complexity index is 533. The highest BCUT2D eigenvalue weighted by Gasteiger charge is 2.57. The molecule has 2 nitrogen and oxygen atoms in total. The smallest absolute Gasteiger partial charge is 0.312 e. The summed E-state index contributed by atoms with van der Waals surface area (Å²) in [5, 5.41) is 0. The van der Waals surface area contributed by atoms with Crippen molar-refractivity contribution in [3.8, 4) is 0 Å². The van der Waals surface area contributed by atoms with Crippen molar-refractivity contribution in [2.75, 3.05) is 6.61 Å². The lowest BCUT2D eigenvalue weighted by Gasteiger charge is -2.55. The summed E-state index contributed by atoms with van der Waals surface area (Å²) in [7, 11) is 0. The van der Waals surface area contributed by atoms with Crippen LogP contribution in [0.3, 0.4) is 0 Å². The summed E-state index contributed by atoms with van der Waals surface area (Å²) in [5.41, 5.74) is 0.0347. The van der Waals surface area contributed by atoms with Crippen LogP contribution >= 0.6 is 0 Å². The van der Waals surface area contributed by atoms with E-state index in [1.165, 1.54) is 128 Å². The van der Waals surface area contributed by atoms with Crippen LogP contribution in [0.1, 0.15) is 162 Å². The summed E-state index contributed by atoms with van der Waals surface area (Å²) in [4.78, 5) is 13.9. The van der Waals surface area contributed by atoms with E-state index in [0.717, 1.165) is 31.1 Å². The van der Waals surface area contributed by atoms with E-state index in [1.807, 2.05) is 0 Å². The Morgan fingerprint density at radius 3 is 1.91 bits per heavy atom. The molecule has 3 rings (SSSR count). The fourth-order valence-electron chi connectivity index (χ4n) is 8.04. The standard InChI is InChI=1S/C31H56O2/c1-3-5-7-8-9-16-26-33-29(32)31(22-14-11-15-23-31)30(21-6-4-2)24-19-28(20-25-30)27-17-12-10-13-18-27/h27-28H,3-26H2,1-2H3. The first kappa shape index (κ1) is 27.1. The molecule has 0 heterocycles. The van der Waals surface area contributed by atoms with Gasteiger partial charge in [0.2, 0.25) is 0 Å². The summed E-state index contributed by atoms with van der Waals surface area (Å²) in [6.07, 6.45) is 29.9. The molecule has 0 aliphatic heterocycles. The predicted octanol–water partition coefficient (Wildman–Crippen LogP) is 9.79. The molecule has 3 saturated carbocycles. The van der Waals surface area contributed by atoms with Gasteiger partial charge in [0.25, 0.3) is 0 Å². The molecule has 3 fully saturated rings. The number of esters is 1. The monoisotopic (exact) mass is 460 g/mol. The van der Waals surface area contributed by atoms with Crippen molar-refractivity contribution < 1.29 is 9.53 Å². The molecule has 3 aliphatic rings. The maximum atomic E-state index is 13.9. The van der Waals surface area contributed by atoms with Gasteiger partial charge < -0.3 is 4.74 Å². The number of unbranched alkanes of at least 4 members (excludes halogenated alkanes) is 6. The van der Waals surface area contributed by atoms with E-state index in [0.29, 0.717) is 6.61 Å². The Balaban J connectivity index is 1.65. The van der Waals surface area contributed by atoms with Gasteiger partial charge in [-0.05, 0) is 68.6 Å². The summed E-state index contributed by atoms with van der Waals surface area (Å²) in [6, 6.07) is 0. The first-order valence-corrected chi connectivity index (χ1v) is 15.3. The van der Waals surface area contributed by atoms with Gasteiger partial charge in [-0.1, -0.05) is 110 Å². The molecular weight excluding hydrogens is 404 g/mol. The zero-order chi connectivity index (χ0) is 23.4. The quantitative estimate of drug-likeness (QED) is 0.202. The SMILES string of the molecule is CCCCCCCCOC(=O)C1(C2(CCCC)CCC(C3CCCCC3)CC2)CCCCC1. The Morgan fingerprint density at radius 2 is 1.24 bits per heavy atom. The lowest BCUT2D eigenvalue weighted by Crippen LogP contribution is -2.52. The van der Waals surface area contributed by atoms with Crippen molar-refractivity contribution in [1.82, 2.24) is 0 Å². The Kier molecular flexibility index (Phi) is 11.6. The Morgan fingerprint density at radius 1 is 0.667 bits per heavy atom. The van der Waals surface area contributed by atoms with Crippen LogP contribution in [-0.4, -0.2) is 12.6 Å². The van der Waals surface area contributed by atoms with Gasteiger partial charge in [0.1, 0.15) is 0 Å². The van der Waals surface area contributed by atoms with Gasteiger partial charge >= 0.3 is 5.97 Å². The number of carbonyl (C=O) groups excluding carboxylic acids is 1. The van der Waals surface area contributed by atoms with E-state index < -0.39 is 0 Å². The Labute approximate surface area is 206 Å². The van der Waals surface area contributed by atoms with Gasteiger partial charge in [0, 0.05) is 0 Å². The van der Waals surface area contributed by atoms with E-state index in [2.05, 4.69) is 13.8 Å². The van der Waals surface area contributed by atoms with Crippen LogP contribution in [-0.2, 0) is 9.53 Å². The average molecular weight is 461 g/mol. The molecule has 0 N–H and O–H groups in total. The zero-order valence-electron chi connectivity index (χ0n) is 22.4. The van der Waals surface area contributed by atoms with E-state index in [-0.39, 0.29) is 16.8 Å². The summed E-state index contributed by atoms with van der Waals surface area (Å²) < 4.78 is 6.15. The number of ether oxygens (including phenoxy) is 1. The largest absolute Gasteiger partial charge is 0.465 e. The van der Waals surface area contributed by atoms with Gasteiger partial charge in [-0.15, -0.1) is 0 Å². The second kappa shape index (κ2) is 14.1. The third kappa shape index (κ3) is 7.00. The fourth-order valence-corrected chi connectivity index (χ4v) is 8.04. The maximum absolute atomic E-state index is 13.9. The molecule has 2 heteroatoms. The molecule has 192 valence electrons. The lowest BCUT2D eigenvalue weighted by atomic mass is 9.49. The molecule has 0 unspecified atom stereocenters. The molecule has 0 aromatic rings. The van der Waals surface area contributed by atoms with Gasteiger partial charge in [0.05, 0.1) is 12.0 Å². The number of hydrogen-bond acceptors (Lipinski definition) is 2. The van der Waals surface area contributed by atoms with Crippen LogP contribution < -0.4 is 0 Å². The topological polar surface area (TPSA) is 26.3 Å². The molecule has 0 atom stereocenters. The van der Waals surface area contributed by atoms with Crippen LogP contribution in [0.25, 0.3) is 0 Å². The first-order valence-electron chi connectivity index (χ1n) is 15.3. The highest BCUT2D eigenvalue weighted by molar-refractivity contribution is 5.78. The molecule has 0 aromatic carbocycles. The van der Waals surface area contributed by atoms with Crippen LogP contribution in [0.5, 0.6) is 0 Å². The van der Waals surface area contributed by atoms with Crippen molar-refractivity contribution in [1.29, 1.82) is 0 Å². The number of carbonyl (C=O) groups is 1. The van der Waals surface area contributed by atoms with Crippen LogP contribution in [0.2, 0.25) is 0 Å². The van der Waals surface area contributed by atoms with E-state index >= 15 is 0 Å². The van der Waals surface area contributed by atoms with Crippen molar-refractivity contribution in [3.63, 3.8) is 0 Å². The molecule has 0 amide bonds. The van der Waals surface area contributed by atoms with Gasteiger partial charge in [0.15, 0.2) is 0 Å². The molecule has 3 aliphatic carbocycles. The van der Waals surface area contributed by atoms with Crippen molar-refractivity contribution in [2.45, 2.75) is 162 Å². The lowest BCUT2D eigenvalue weighted by molar-refractivity contribution is -0.175. The maximum Gasteiger partial charge on any atom is 0.312 e. The minimum absolute atomic E-state index is 0.180. The van der Waals surface area contributed by atoms with Crippen molar-refractivity contribution in [2.24, 2.45) is 22.7 Å². The molecular formula is C31H56O2. The second-order valence-corrected chi connectivity index (χ2v) is 12.2. The van der Waals surface area contributed by atoms with Gasteiger partial charge in [-0.25, -0.2) is 0 Å². The molecule has 0 bridgehead atoms. The summed E-state index contributed by atoms with van der Waals surface area (Å²) in [5.74, 6) is 2.12. The predicted molar refractivity (Wildman–Crippen MR) is 140 cm³/mol. The highest BCUT2D eigenvalue weighted by atomic mass is 16.5. The van der Waals surface area contributed by atoms with Crippen LogP contribution in [0.15, 0.2) is 0 Å². The fraction of sp³-hybridized carbons (Fsp3) is 0.968. The minimum Gasteiger partial charge on any atom is -0.465 e. The second-order valence-electron chi connectivity index (χ2n) is 12.2. The average Bonchev–Trinajstić information content (AvgIpc) is 2.88.